The van der Waals surface area contributed by atoms with Crippen LogP contribution < -0.4 is 14.8 Å². The van der Waals surface area contributed by atoms with Crippen LogP contribution in [0.4, 0.5) is 0 Å². The molecule has 0 aromatic heterocycles. The second-order valence-electron chi connectivity index (χ2n) is 5.50. The maximum Gasteiger partial charge on any atom is 0.162 e. The predicted octanol–water partition coefficient (Wildman–Crippen LogP) is 3.44. The van der Waals surface area contributed by atoms with Gasteiger partial charge < -0.3 is 19.5 Å². The Kier molecular flexibility index (Phi) is 5.03. The topological polar surface area (TPSA) is 39.7 Å². The molecule has 0 bridgehead atoms. The molecule has 2 unspecified atom stereocenters. The summed E-state index contributed by atoms with van der Waals surface area (Å²) in [7, 11) is 0. The molecule has 1 aromatic carbocycles. The van der Waals surface area contributed by atoms with Gasteiger partial charge in [0.15, 0.2) is 11.5 Å². The van der Waals surface area contributed by atoms with Gasteiger partial charge in [0.2, 0.25) is 0 Å². The fourth-order valence-corrected chi connectivity index (χ4v) is 3.61. The van der Waals surface area contributed by atoms with Crippen LogP contribution in [-0.4, -0.2) is 32.5 Å². The van der Waals surface area contributed by atoms with Crippen LogP contribution in [0, 0.1) is 0 Å². The van der Waals surface area contributed by atoms with Crippen LogP contribution in [0.5, 0.6) is 11.5 Å². The largest absolute Gasteiger partial charge is 0.486 e. The van der Waals surface area contributed by atoms with E-state index in [2.05, 4.69) is 34.2 Å². The van der Waals surface area contributed by atoms with Crippen molar-refractivity contribution in [3.63, 3.8) is 0 Å². The maximum absolute atomic E-state index is 5.79. The lowest BCUT2D eigenvalue weighted by molar-refractivity contribution is 0.0946. The molecule has 0 saturated carbocycles. The van der Waals surface area contributed by atoms with Crippen molar-refractivity contribution < 1.29 is 14.2 Å². The van der Waals surface area contributed by atoms with E-state index in [0.29, 0.717) is 19.3 Å². The van der Waals surface area contributed by atoms with Crippen molar-refractivity contribution in [2.75, 3.05) is 26.4 Å². The first-order chi connectivity index (χ1) is 10.3. The van der Waals surface area contributed by atoms with Crippen molar-refractivity contribution in [2.24, 2.45) is 0 Å². The van der Waals surface area contributed by atoms with Crippen molar-refractivity contribution in [1.82, 2.24) is 5.32 Å². The number of hydrogen-bond acceptors (Lipinski definition) is 4. The highest BCUT2D eigenvalue weighted by molar-refractivity contribution is 9.10. The van der Waals surface area contributed by atoms with Gasteiger partial charge in [0.05, 0.1) is 6.10 Å². The van der Waals surface area contributed by atoms with Crippen LogP contribution in [0.25, 0.3) is 0 Å². The smallest absolute Gasteiger partial charge is 0.162 e. The molecule has 0 aliphatic carbocycles. The molecule has 2 aliphatic heterocycles. The molecular weight excluding hydrogens is 334 g/mol. The van der Waals surface area contributed by atoms with Crippen LogP contribution in [0.15, 0.2) is 16.6 Å². The van der Waals surface area contributed by atoms with E-state index in [1.54, 1.807) is 0 Å². The fraction of sp³-hybridized carbons (Fsp3) is 0.625. The minimum absolute atomic E-state index is 0.267. The average molecular weight is 356 g/mol. The first kappa shape index (κ1) is 15.1. The lowest BCUT2D eigenvalue weighted by Crippen LogP contribution is -2.26. The average Bonchev–Trinajstić information content (AvgIpc) is 2.99. The molecule has 2 heterocycles. The Labute approximate surface area is 134 Å². The molecule has 5 heteroatoms. The highest BCUT2D eigenvalue weighted by Gasteiger charge is 2.25. The molecule has 1 N–H and O–H groups in total. The monoisotopic (exact) mass is 355 g/mol. The molecule has 1 fully saturated rings. The van der Waals surface area contributed by atoms with Gasteiger partial charge in [0, 0.05) is 17.1 Å². The summed E-state index contributed by atoms with van der Waals surface area (Å²) in [4.78, 5) is 0. The fourth-order valence-electron chi connectivity index (χ4n) is 3.01. The van der Waals surface area contributed by atoms with Crippen molar-refractivity contribution in [2.45, 2.75) is 38.3 Å². The summed E-state index contributed by atoms with van der Waals surface area (Å²) in [6.07, 6.45) is 3.68. The predicted molar refractivity (Wildman–Crippen MR) is 85.1 cm³/mol. The molecule has 1 saturated heterocycles. The van der Waals surface area contributed by atoms with Crippen LogP contribution in [0.1, 0.15) is 37.8 Å². The zero-order valence-electron chi connectivity index (χ0n) is 12.4. The van der Waals surface area contributed by atoms with Gasteiger partial charge in [0.1, 0.15) is 13.2 Å². The summed E-state index contributed by atoms with van der Waals surface area (Å²) in [6, 6.07) is 4.38. The highest BCUT2D eigenvalue weighted by atomic mass is 79.9. The van der Waals surface area contributed by atoms with Gasteiger partial charge in [0.25, 0.3) is 0 Å². The number of benzene rings is 1. The minimum atomic E-state index is 0.267. The Morgan fingerprint density at radius 2 is 2.00 bits per heavy atom. The molecule has 4 nitrogen and oxygen atoms in total. The van der Waals surface area contributed by atoms with Crippen LogP contribution in [-0.2, 0) is 4.74 Å². The van der Waals surface area contributed by atoms with Gasteiger partial charge in [-0.1, -0.05) is 22.9 Å². The summed E-state index contributed by atoms with van der Waals surface area (Å²) < 4.78 is 18.2. The standard InChI is InChI=1S/C16H22BrNO3/c1-2-18-14(8-11-4-3-5-19-11)12-9-15-16(10-13(12)17)21-7-6-20-15/h9-11,14,18H,2-8H2,1H3. The quantitative estimate of drug-likeness (QED) is 0.877. The first-order valence-corrected chi connectivity index (χ1v) is 8.51. The van der Waals surface area contributed by atoms with E-state index >= 15 is 0 Å². The number of ether oxygens (including phenoxy) is 3. The van der Waals surface area contributed by atoms with Gasteiger partial charge >= 0.3 is 0 Å². The number of halogens is 1. The van der Waals surface area contributed by atoms with Crippen molar-refractivity contribution >= 4 is 15.9 Å². The van der Waals surface area contributed by atoms with E-state index in [1.807, 2.05) is 6.07 Å². The van der Waals surface area contributed by atoms with E-state index in [4.69, 9.17) is 14.2 Å². The van der Waals surface area contributed by atoms with Crippen molar-refractivity contribution in [3.8, 4) is 11.5 Å². The third-order valence-corrected chi connectivity index (χ3v) is 4.70. The number of fused-ring (bicyclic) bond motifs is 1. The second-order valence-corrected chi connectivity index (χ2v) is 6.35. The molecule has 1 aromatic rings. The summed E-state index contributed by atoms with van der Waals surface area (Å²) in [5, 5.41) is 3.57. The zero-order chi connectivity index (χ0) is 14.7. The maximum atomic E-state index is 5.79. The molecule has 21 heavy (non-hydrogen) atoms. The van der Waals surface area contributed by atoms with Gasteiger partial charge in [-0.15, -0.1) is 0 Å². The highest BCUT2D eigenvalue weighted by Crippen LogP contribution is 2.39. The molecule has 0 spiro atoms. The van der Waals surface area contributed by atoms with Crippen LogP contribution in [0.3, 0.4) is 0 Å². The molecule has 2 atom stereocenters. The third-order valence-electron chi connectivity index (χ3n) is 4.01. The van der Waals surface area contributed by atoms with Crippen molar-refractivity contribution in [3.05, 3.63) is 22.2 Å². The van der Waals surface area contributed by atoms with E-state index in [-0.39, 0.29) is 6.04 Å². The Hall–Kier alpha value is -0.780. The lowest BCUT2D eigenvalue weighted by atomic mass is 9.98. The number of hydrogen-bond donors (Lipinski definition) is 1. The SMILES string of the molecule is CCNC(CC1CCCO1)c1cc2c(cc1Br)OCCO2. The van der Waals surface area contributed by atoms with Crippen LogP contribution in [0.2, 0.25) is 0 Å². The summed E-state index contributed by atoms with van der Waals surface area (Å²) in [6.45, 7) is 5.19. The molecule has 0 amide bonds. The lowest BCUT2D eigenvalue weighted by Gasteiger charge is -2.25. The van der Waals surface area contributed by atoms with E-state index in [0.717, 1.165) is 42.0 Å². The van der Waals surface area contributed by atoms with Gasteiger partial charge in [-0.2, -0.15) is 0 Å². The minimum Gasteiger partial charge on any atom is -0.486 e. The zero-order valence-corrected chi connectivity index (χ0v) is 13.9. The molecule has 2 aliphatic rings. The van der Waals surface area contributed by atoms with E-state index < -0.39 is 0 Å². The summed E-state index contributed by atoms with van der Waals surface area (Å²) in [5.74, 6) is 1.67. The van der Waals surface area contributed by atoms with Gasteiger partial charge in [-0.3, -0.25) is 0 Å². The van der Waals surface area contributed by atoms with Crippen molar-refractivity contribution in [1.29, 1.82) is 0 Å². The summed E-state index contributed by atoms with van der Waals surface area (Å²) >= 11 is 3.68. The van der Waals surface area contributed by atoms with E-state index in [1.165, 1.54) is 12.0 Å². The molecule has 116 valence electrons. The number of nitrogens with one attached hydrogen (secondary N) is 1. The molecular formula is C16H22BrNO3. The number of rotatable bonds is 5. The Morgan fingerprint density at radius 3 is 2.67 bits per heavy atom. The normalized spacial score (nSPS) is 22.3. The Bertz CT molecular complexity index is 489. The Balaban J connectivity index is 1.83. The second kappa shape index (κ2) is 6.99. The summed E-state index contributed by atoms with van der Waals surface area (Å²) in [5.41, 5.74) is 1.22. The first-order valence-electron chi connectivity index (χ1n) is 7.72. The van der Waals surface area contributed by atoms with Crippen LogP contribution >= 0.6 is 15.9 Å². The van der Waals surface area contributed by atoms with Gasteiger partial charge in [-0.05, 0) is 43.5 Å². The Morgan fingerprint density at radius 1 is 1.24 bits per heavy atom. The van der Waals surface area contributed by atoms with Gasteiger partial charge in [-0.25, -0.2) is 0 Å². The van der Waals surface area contributed by atoms with E-state index in [9.17, 15) is 0 Å². The third kappa shape index (κ3) is 3.52. The molecule has 3 rings (SSSR count). The molecule has 0 radical (unpaired) electrons.